The van der Waals surface area contributed by atoms with Crippen LogP contribution in [0.3, 0.4) is 0 Å². The summed E-state index contributed by atoms with van der Waals surface area (Å²) in [4.78, 5) is 65.4. The Labute approximate surface area is 248 Å². The van der Waals surface area contributed by atoms with Gasteiger partial charge in [0.2, 0.25) is 11.8 Å². The third-order valence-corrected chi connectivity index (χ3v) is 8.41. The zero-order chi connectivity index (χ0) is 29.9. The van der Waals surface area contributed by atoms with Crippen molar-refractivity contribution in [3.63, 3.8) is 0 Å². The second-order valence-electron chi connectivity index (χ2n) is 11.1. The van der Waals surface area contributed by atoms with Gasteiger partial charge in [0.05, 0.1) is 11.1 Å². The van der Waals surface area contributed by atoms with Crippen LogP contribution in [0, 0.1) is 12.3 Å². The topological polar surface area (TPSA) is 160 Å². The van der Waals surface area contributed by atoms with Crippen molar-refractivity contribution < 1.29 is 24.3 Å². The number of fused-ring (bicyclic) bond motifs is 2. The van der Waals surface area contributed by atoms with Gasteiger partial charge in [0.1, 0.15) is 34.5 Å². The summed E-state index contributed by atoms with van der Waals surface area (Å²) >= 11 is 3.17. The number of benzene rings is 1. The van der Waals surface area contributed by atoms with Crippen LogP contribution in [-0.2, 0) is 16.1 Å². The third kappa shape index (κ3) is 4.93. The summed E-state index contributed by atoms with van der Waals surface area (Å²) in [6, 6.07) is 7.25. The highest BCUT2D eigenvalue weighted by molar-refractivity contribution is 9.10. The lowest BCUT2D eigenvalue weighted by molar-refractivity contribution is -0.138. The molecule has 1 saturated carbocycles. The van der Waals surface area contributed by atoms with Crippen molar-refractivity contribution in [3.8, 4) is 11.1 Å². The maximum atomic E-state index is 13.8. The molecule has 4 aromatic rings. The number of pyridine rings is 1. The van der Waals surface area contributed by atoms with E-state index < -0.39 is 17.9 Å². The summed E-state index contributed by atoms with van der Waals surface area (Å²) < 4.78 is 1.77. The molecule has 1 aliphatic carbocycles. The number of carboxylic acids is 1. The van der Waals surface area contributed by atoms with Crippen molar-refractivity contribution in [2.45, 2.75) is 52.2 Å². The normalized spacial score (nSPS) is 20.8. The summed E-state index contributed by atoms with van der Waals surface area (Å²) in [5.74, 6) is -1.42. The minimum atomic E-state index is -1.16. The molecule has 0 spiro atoms. The molecule has 3 aromatic heterocycles. The van der Waals surface area contributed by atoms with Crippen molar-refractivity contribution in [3.05, 3.63) is 64.4 Å². The maximum absolute atomic E-state index is 13.8. The van der Waals surface area contributed by atoms with E-state index in [0.29, 0.717) is 23.1 Å². The molecule has 0 radical (unpaired) electrons. The molecular formula is C29H26BrN7O5. The Morgan fingerprint density at radius 2 is 1.83 bits per heavy atom. The summed E-state index contributed by atoms with van der Waals surface area (Å²) in [6.07, 6.45) is 4.67. The molecule has 2 amide bonds. The van der Waals surface area contributed by atoms with Gasteiger partial charge in [-0.2, -0.15) is 5.10 Å². The Kier molecular flexibility index (Phi) is 6.64. The molecule has 0 bridgehead atoms. The fourth-order valence-corrected chi connectivity index (χ4v) is 6.18. The van der Waals surface area contributed by atoms with Crippen molar-refractivity contribution in [1.82, 2.24) is 29.6 Å². The number of ketones is 1. The molecule has 4 heterocycles. The summed E-state index contributed by atoms with van der Waals surface area (Å²) in [7, 11) is 0. The van der Waals surface area contributed by atoms with Crippen LogP contribution in [0.2, 0.25) is 0 Å². The highest BCUT2D eigenvalue weighted by Crippen LogP contribution is 2.59. The number of aromatic nitrogens is 5. The van der Waals surface area contributed by atoms with Gasteiger partial charge in [0.15, 0.2) is 5.78 Å². The van der Waals surface area contributed by atoms with Gasteiger partial charge in [-0.3, -0.25) is 19.1 Å². The number of hydrogen-bond donors (Lipinski definition) is 2. The Morgan fingerprint density at radius 1 is 1.10 bits per heavy atom. The van der Waals surface area contributed by atoms with Crippen molar-refractivity contribution in [2.24, 2.45) is 5.41 Å². The molecule has 2 aliphatic rings. The predicted molar refractivity (Wildman–Crippen MR) is 155 cm³/mol. The first-order valence-corrected chi connectivity index (χ1v) is 14.1. The molecule has 214 valence electrons. The lowest BCUT2D eigenvalue weighted by Crippen LogP contribution is -2.46. The molecule has 13 heteroatoms. The average Bonchev–Trinajstić information content (AvgIpc) is 3.30. The number of carbonyl (C=O) groups excluding carboxylic acids is 3. The summed E-state index contributed by atoms with van der Waals surface area (Å²) in [5.41, 5.74) is 2.24. The second kappa shape index (κ2) is 10.1. The van der Waals surface area contributed by atoms with Crippen molar-refractivity contribution in [1.29, 1.82) is 0 Å². The van der Waals surface area contributed by atoms with Crippen LogP contribution in [0.15, 0.2) is 47.3 Å². The van der Waals surface area contributed by atoms with Gasteiger partial charge in [-0.25, -0.2) is 19.7 Å². The number of piperidine rings is 1. The monoisotopic (exact) mass is 631 g/mol. The van der Waals surface area contributed by atoms with E-state index in [1.807, 2.05) is 25.1 Å². The molecule has 2 fully saturated rings. The molecule has 6 rings (SSSR count). The number of halogens is 1. The number of nitrogens with zero attached hydrogens (tertiary/aromatic N) is 6. The Morgan fingerprint density at radius 3 is 2.52 bits per heavy atom. The molecule has 42 heavy (non-hydrogen) atoms. The number of Topliss-reactive ketones (excluding diaryl/α,β-unsaturated/α-hetero) is 1. The Balaban J connectivity index is 1.28. The van der Waals surface area contributed by atoms with Crippen LogP contribution in [0.4, 0.5) is 5.82 Å². The fourth-order valence-electron chi connectivity index (χ4n) is 5.74. The van der Waals surface area contributed by atoms with Gasteiger partial charge < -0.3 is 15.3 Å². The van der Waals surface area contributed by atoms with E-state index in [2.05, 4.69) is 41.3 Å². The first-order valence-electron chi connectivity index (χ1n) is 13.3. The maximum Gasteiger partial charge on any atom is 0.335 e. The molecule has 12 nitrogen and oxygen atoms in total. The molecule has 0 unspecified atom stereocenters. The van der Waals surface area contributed by atoms with E-state index in [1.165, 1.54) is 23.7 Å². The minimum absolute atomic E-state index is 0.0359. The van der Waals surface area contributed by atoms with Crippen LogP contribution in [0.5, 0.6) is 0 Å². The standard InChI is InChI=1S/C29H26BrN7O5/c1-14(38)26-19-6-16(18-11-31-15(2)32-12-18)4-5-20(19)36(35-26)13-25(39)37-21(9-29(3)10-22(29)37)27(40)34-24-8-17(28(41)42)7-23(30)33-24/h4-8,11-12,21-22H,9-10,13H2,1-3H3,(H,41,42)(H,33,34,40)/t21-,22+,29-/m0/s1. The van der Waals surface area contributed by atoms with Crippen LogP contribution >= 0.6 is 15.9 Å². The van der Waals surface area contributed by atoms with E-state index in [4.69, 9.17) is 0 Å². The number of anilines is 1. The largest absolute Gasteiger partial charge is 0.478 e. The average molecular weight is 632 g/mol. The molecule has 3 atom stereocenters. The third-order valence-electron chi connectivity index (χ3n) is 8.00. The smallest absolute Gasteiger partial charge is 0.335 e. The molecule has 1 aliphatic heterocycles. The van der Waals surface area contributed by atoms with Gasteiger partial charge in [-0.15, -0.1) is 0 Å². The summed E-state index contributed by atoms with van der Waals surface area (Å²) in [5, 5.41) is 17.1. The predicted octanol–water partition coefficient (Wildman–Crippen LogP) is 3.88. The van der Waals surface area contributed by atoms with Crippen LogP contribution < -0.4 is 5.32 Å². The number of likely N-dealkylation sites (tertiary alicyclic amines) is 1. The van der Waals surface area contributed by atoms with E-state index >= 15 is 0 Å². The number of aromatic carboxylic acids is 1. The number of rotatable bonds is 7. The number of carboxylic acid groups (broad SMARTS) is 1. The van der Waals surface area contributed by atoms with E-state index in [-0.39, 0.29) is 51.4 Å². The van der Waals surface area contributed by atoms with E-state index in [0.717, 1.165) is 17.5 Å². The highest BCUT2D eigenvalue weighted by atomic mass is 79.9. The lowest BCUT2D eigenvalue weighted by atomic mass is 10.0. The van der Waals surface area contributed by atoms with Gasteiger partial charge in [-0.05, 0) is 70.9 Å². The van der Waals surface area contributed by atoms with Gasteiger partial charge in [-0.1, -0.05) is 13.0 Å². The van der Waals surface area contributed by atoms with Gasteiger partial charge in [0.25, 0.3) is 0 Å². The minimum Gasteiger partial charge on any atom is -0.478 e. The number of carbonyl (C=O) groups is 4. The number of nitrogens with one attached hydrogen (secondary N) is 1. The first-order chi connectivity index (χ1) is 19.9. The van der Waals surface area contributed by atoms with Crippen LogP contribution in [-0.4, -0.2) is 70.4 Å². The number of amides is 2. The van der Waals surface area contributed by atoms with Gasteiger partial charge in [0, 0.05) is 36.3 Å². The van der Waals surface area contributed by atoms with E-state index in [1.54, 1.807) is 24.2 Å². The van der Waals surface area contributed by atoms with E-state index in [9.17, 15) is 24.3 Å². The first kappa shape index (κ1) is 27.6. The second-order valence-corrected chi connectivity index (χ2v) is 11.9. The molecule has 2 N–H and O–H groups in total. The quantitative estimate of drug-likeness (QED) is 0.228. The highest BCUT2D eigenvalue weighted by Gasteiger charge is 2.64. The summed E-state index contributed by atoms with van der Waals surface area (Å²) in [6.45, 7) is 5.11. The number of hydrogen-bond acceptors (Lipinski definition) is 8. The molecular weight excluding hydrogens is 606 g/mol. The zero-order valence-corrected chi connectivity index (χ0v) is 24.5. The fraction of sp³-hybridized carbons (Fsp3) is 0.310. The Bertz CT molecular complexity index is 1800. The Hall–Kier alpha value is -4.52. The van der Waals surface area contributed by atoms with Gasteiger partial charge >= 0.3 is 5.97 Å². The molecule has 1 aromatic carbocycles. The molecule has 1 saturated heterocycles. The SMILES string of the molecule is CC(=O)c1nn(CC(=O)N2[C@H](C(=O)Nc3cc(C(=O)O)cc(Br)n3)C[C@@]3(C)C[C@@H]23)c2ccc(-c3cnc(C)nc3)cc12. The zero-order valence-electron chi connectivity index (χ0n) is 23.0. The van der Waals surface area contributed by atoms with Crippen LogP contribution in [0.1, 0.15) is 53.4 Å². The lowest BCUT2D eigenvalue weighted by Gasteiger charge is -2.27. The number of aryl methyl sites for hydroxylation is 1. The van der Waals surface area contributed by atoms with Crippen LogP contribution in [0.25, 0.3) is 22.0 Å². The van der Waals surface area contributed by atoms with Crippen molar-refractivity contribution in [2.75, 3.05) is 5.32 Å². The van der Waals surface area contributed by atoms with Crippen molar-refractivity contribution >= 4 is 56.2 Å².